The molecule has 1 aromatic heterocycles. The van der Waals surface area contributed by atoms with Crippen molar-refractivity contribution in [2.75, 3.05) is 0 Å². The monoisotopic (exact) mass is 577 g/mol. The fourth-order valence-electron chi connectivity index (χ4n) is 10.7. The summed E-state index contributed by atoms with van der Waals surface area (Å²) in [6.07, 6.45) is 7.08. The summed E-state index contributed by atoms with van der Waals surface area (Å²) >= 11 is 0. The molecular weight excluding hydrogens is 537 g/mol. The number of nitrogens with zero attached hydrogens (tertiary/aromatic N) is 1. The zero-order valence-electron chi connectivity index (χ0n) is 26.3. The molecule has 4 aromatic carbocycles. The van der Waals surface area contributed by atoms with Crippen LogP contribution in [0.4, 0.5) is 0 Å². The number of fused-ring (bicyclic) bond motifs is 6. The van der Waals surface area contributed by atoms with Crippen LogP contribution in [0.25, 0.3) is 38.6 Å². The van der Waals surface area contributed by atoms with E-state index < -0.39 is 0 Å². The van der Waals surface area contributed by atoms with Crippen LogP contribution in [0.3, 0.4) is 0 Å². The van der Waals surface area contributed by atoms with Gasteiger partial charge in [-0.1, -0.05) is 60.7 Å². The SMILES string of the molecule is CC1(C)OB(c2ccc3c4ccccc4n(-c4ccc5c(c4)C4(c6ccccc6-5)C5CC6CC(C5)CC4C6)c3c2)OC1(C)C. The van der Waals surface area contributed by atoms with Gasteiger partial charge in [0.2, 0.25) is 0 Å². The normalized spacial score (nSPS) is 30.5. The number of para-hydroxylation sites is 1. The molecule has 0 atom stereocenters. The highest BCUT2D eigenvalue weighted by Gasteiger charge is 2.61. The second-order valence-corrected chi connectivity index (χ2v) is 15.7. The number of rotatable bonds is 2. The second kappa shape index (κ2) is 8.47. The van der Waals surface area contributed by atoms with E-state index in [1.807, 2.05) is 0 Å². The van der Waals surface area contributed by atoms with Crippen LogP contribution in [-0.2, 0) is 14.7 Å². The summed E-state index contributed by atoms with van der Waals surface area (Å²) in [7, 11) is -0.387. The van der Waals surface area contributed by atoms with Gasteiger partial charge in [0.05, 0.1) is 22.2 Å². The van der Waals surface area contributed by atoms with Crippen molar-refractivity contribution in [3.05, 3.63) is 96.1 Å². The van der Waals surface area contributed by atoms with Crippen LogP contribution in [0.1, 0.15) is 70.9 Å². The Kier molecular flexibility index (Phi) is 4.99. The molecule has 220 valence electrons. The fourth-order valence-corrected chi connectivity index (χ4v) is 10.7. The van der Waals surface area contributed by atoms with E-state index in [1.165, 1.54) is 70.7 Å². The van der Waals surface area contributed by atoms with Crippen molar-refractivity contribution in [1.29, 1.82) is 0 Å². The Bertz CT molecular complexity index is 1970. The summed E-state index contributed by atoms with van der Waals surface area (Å²) in [5, 5.41) is 2.56. The first-order chi connectivity index (χ1) is 21.2. The topological polar surface area (TPSA) is 23.4 Å². The molecule has 1 spiro atoms. The van der Waals surface area contributed by atoms with Crippen molar-refractivity contribution in [1.82, 2.24) is 4.57 Å². The minimum absolute atomic E-state index is 0.155. The average molecular weight is 578 g/mol. The third kappa shape index (κ3) is 3.16. The number of hydrogen-bond acceptors (Lipinski definition) is 2. The molecule has 0 N–H and O–H groups in total. The molecule has 3 nitrogen and oxygen atoms in total. The van der Waals surface area contributed by atoms with Gasteiger partial charge in [-0.25, -0.2) is 0 Å². The molecule has 1 aliphatic heterocycles. The Balaban J connectivity index is 1.19. The number of aromatic nitrogens is 1. The summed E-state index contributed by atoms with van der Waals surface area (Å²) in [6.45, 7) is 8.52. The van der Waals surface area contributed by atoms with E-state index >= 15 is 0 Å². The van der Waals surface area contributed by atoms with Crippen LogP contribution in [-0.4, -0.2) is 22.9 Å². The minimum atomic E-state index is -0.387. The lowest BCUT2D eigenvalue weighted by Crippen LogP contribution is -2.55. The molecule has 4 bridgehead atoms. The Morgan fingerprint density at radius 1 is 0.614 bits per heavy atom. The molecule has 5 fully saturated rings. The van der Waals surface area contributed by atoms with Crippen LogP contribution in [0.2, 0.25) is 0 Å². The summed E-state index contributed by atoms with van der Waals surface area (Å²) in [4.78, 5) is 0. The zero-order chi connectivity index (χ0) is 29.6. The second-order valence-electron chi connectivity index (χ2n) is 15.7. The minimum Gasteiger partial charge on any atom is -0.399 e. The molecular formula is C40H40BNO2. The van der Waals surface area contributed by atoms with E-state index in [1.54, 1.807) is 11.1 Å². The molecule has 0 radical (unpaired) electrons. The smallest absolute Gasteiger partial charge is 0.399 e. The Hall–Kier alpha value is -3.34. The Morgan fingerprint density at radius 3 is 2.00 bits per heavy atom. The molecule has 5 aromatic rings. The molecule has 2 heterocycles. The average Bonchev–Trinajstić information content (AvgIpc) is 3.57. The molecule has 4 saturated carbocycles. The number of hydrogen-bond donors (Lipinski definition) is 0. The van der Waals surface area contributed by atoms with E-state index in [0.29, 0.717) is 0 Å². The molecule has 11 rings (SSSR count). The van der Waals surface area contributed by atoms with Crippen molar-refractivity contribution in [2.24, 2.45) is 23.7 Å². The maximum absolute atomic E-state index is 6.51. The largest absolute Gasteiger partial charge is 0.494 e. The van der Waals surface area contributed by atoms with Gasteiger partial charge in [0.25, 0.3) is 0 Å². The van der Waals surface area contributed by atoms with Gasteiger partial charge in [0.15, 0.2) is 0 Å². The summed E-state index contributed by atoms with van der Waals surface area (Å²) in [5.41, 5.74) is 10.4. The maximum Gasteiger partial charge on any atom is 0.494 e. The van der Waals surface area contributed by atoms with Crippen molar-refractivity contribution in [3.8, 4) is 16.8 Å². The fraction of sp³-hybridized carbons (Fsp3) is 0.400. The predicted molar refractivity (Wildman–Crippen MR) is 180 cm³/mol. The molecule has 5 aliphatic carbocycles. The lowest BCUT2D eigenvalue weighted by Gasteiger charge is -2.61. The standard InChI is InChI=1S/C40H40BNO2/c1-38(2)39(3,4)44-41(43-38)28-13-15-33-32-10-6-8-12-36(32)42(37(33)22-28)29-14-16-31-30-9-5-7-11-34(30)40(35(31)23-29)26-18-24-17-25(20-26)21-27(40)19-24/h5-16,22-27H,17-21H2,1-4H3. The van der Waals surface area contributed by atoms with E-state index in [9.17, 15) is 0 Å². The lowest BCUT2D eigenvalue weighted by atomic mass is 9.43. The first-order valence-electron chi connectivity index (χ1n) is 16.9. The molecule has 4 heteroatoms. The highest BCUT2D eigenvalue weighted by Crippen LogP contribution is 2.69. The van der Waals surface area contributed by atoms with E-state index in [0.717, 1.165) is 29.1 Å². The van der Waals surface area contributed by atoms with E-state index in [2.05, 4.69) is 117 Å². The first-order valence-corrected chi connectivity index (χ1v) is 16.9. The highest BCUT2D eigenvalue weighted by atomic mass is 16.7. The van der Waals surface area contributed by atoms with Crippen LogP contribution in [0.15, 0.2) is 84.9 Å². The molecule has 0 amide bonds. The van der Waals surface area contributed by atoms with Gasteiger partial charge in [-0.2, -0.15) is 0 Å². The molecule has 44 heavy (non-hydrogen) atoms. The summed E-state index contributed by atoms with van der Waals surface area (Å²) < 4.78 is 15.5. The third-order valence-corrected chi connectivity index (χ3v) is 13.0. The van der Waals surface area contributed by atoms with Gasteiger partial charge < -0.3 is 13.9 Å². The van der Waals surface area contributed by atoms with E-state index in [-0.39, 0.29) is 23.7 Å². The predicted octanol–water partition coefficient (Wildman–Crippen LogP) is 8.81. The maximum atomic E-state index is 6.51. The van der Waals surface area contributed by atoms with Gasteiger partial charge in [0.1, 0.15) is 0 Å². The van der Waals surface area contributed by atoms with Crippen molar-refractivity contribution < 1.29 is 9.31 Å². The first kappa shape index (κ1) is 25.9. The Morgan fingerprint density at radius 2 is 1.25 bits per heavy atom. The molecule has 0 unspecified atom stereocenters. The lowest BCUT2D eigenvalue weighted by molar-refractivity contribution is -0.0399. The van der Waals surface area contributed by atoms with Crippen LogP contribution < -0.4 is 5.46 Å². The summed E-state index contributed by atoms with van der Waals surface area (Å²) in [6, 6.07) is 32.5. The van der Waals surface area contributed by atoms with Crippen LogP contribution in [0, 0.1) is 23.7 Å². The van der Waals surface area contributed by atoms with Crippen LogP contribution in [0.5, 0.6) is 0 Å². The molecule has 1 saturated heterocycles. The van der Waals surface area contributed by atoms with Gasteiger partial charge >= 0.3 is 7.12 Å². The number of benzene rings is 4. The van der Waals surface area contributed by atoms with Crippen molar-refractivity contribution >= 4 is 34.4 Å². The van der Waals surface area contributed by atoms with E-state index in [4.69, 9.17) is 9.31 Å². The van der Waals surface area contributed by atoms with Crippen LogP contribution >= 0.6 is 0 Å². The van der Waals surface area contributed by atoms with Gasteiger partial charge in [-0.15, -0.1) is 0 Å². The highest BCUT2D eigenvalue weighted by molar-refractivity contribution is 6.62. The summed E-state index contributed by atoms with van der Waals surface area (Å²) in [5.74, 6) is 3.38. The van der Waals surface area contributed by atoms with Gasteiger partial charge in [-0.05, 0) is 135 Å². The van der Waals surface area contributed by atoms with Crippen molar-refractivity contribution in [3.63, 3.8) is 0 Å². The third-order valence-electron chi connectivity index (χ3n) is 13.0. The molecule has 6 aliphatic rings. The van der Waals surface area contributed by atoms with Gasteiger partial charge in [0, 0.05) is 21.9 Å². The zero-order valence-corrected chi connectivity index (χ0v) is 26.3. The Labute approximate surface area is 260 Å². The van der Waals surface area contributed by atoms with Gasteiger partial charge in [-0.3, -0.25) is 0 Å². The van der Waals surface area contributed by atoms with Crippen molar-refractivity contribution in [2.45, 2.75) is 76.4 Å². The quantitative estimate of drug-likeness (QED) is 0.196.